The van der Waals surface area contributed by atoms with E-state index in [9.17, 15) is 9.90 Å². The van der Waals surface area contributed by atoms with Crippen LogP contribution in [0.2, 0.25) is 0 Å². The first-order valence-corrected chi connectivity index (χ1v) is 11.2. The van der Waals surface area contributed by atoms with E-state index in [4.69, 9.17) is 9.84 Å². The van der Waals surface area contributed by atoms with Crippen molar-refractivity contribution in [3.05, 3.63) is 24.3 Å². The molecule has 0 radical (unpaired) electrons. The number of aliphatic hydroxyl groups excluding tert-OH is 2. The molecule has 1 aliphatic carbocycles. The van der Waals surface area contributed by atoms with Gasteiger partial charge >= 0.3 is 5.97 Å². The predicted octanol–water partition coefficient (Wildman–Crippen LogP) is 5.58. The topological polar surface area (TPSA) is 66.8 Å². The van der Waals surface area contributed by atoms with Gasteiger partial charge in [0.1, 0.15) is 0 Å². The summed E-state index contributed by atoms with van der Waals surface area (Å²) in [4.78, 5) is 11.5. The van der Waals surface area contributed by atoms with Crippen LogP contribution in [0.15, 0.2) is 24.3 Å². The summed E-state index contributed by atoms with van der Waals surface area (Å²) in [5.74, 6) is 0.759. The minimum absolute atomic E-state index is 0.0291. The van der Waals surface area contributed by atoms with Gasteiger partial charge in [-0.25, -0.2) is 0 Å². The van der Waals surface area contributed by atoms with Gasteiger partial charge in [-0.1, -0.05) is 50.5 Å². The standard InChI is InChI=1S/C23H40O3.CH4O/c1-4-5-6-7-8-11-14-20-17-18-22(24)21(20)15-12-9-10-13-16-23(25)26-19(2)3;1-2/h9,11-12,14,19-22,24H,4-8,10,13,15-18H2,1-3H3;2H,1H3/b12-9-,14-11+;/t20?,21-,22+;/m1./s1. The molecule has 28 heavy (non-hydrogen) atoms. The lowest BCUT2D eigenvalue weighted by Gasteiger charge is -2.17. The van der Waals surface area contributed by atoms with Gasteiger partial charge in [-0.15, -0.1) is 0 Å². The van der Waals surface area contributed by atoms with Crippen molar-refractivity contribution in [1.82, 2.24) is 0 Å². The number of carbonyl (C=O) groups is 1. The van der Waals surface area contributed by atoms with Crippen molar-refractivity contribution in [1.29, 1.82) is 0 Å². The molecule has 0 amide bonds. The summed E-state index contributed by atoms with van der Waals surface area (Å²) in [6, 6.07) is 0. The summed E-state index contributed by atoms with van der Waals surface area (Å²) >= 11 is 0. The van der Waals surface area contributed by atoms with Crippen LogP contribution in [0.4, 0.5) is 0 Å². The molecule has 0 heterocycles. The van der Waals surface area contributed by atoms with Crippen LogP contribution in [0.3, 0.4) is 0 Å². The number of hydrogen-bond donors (Lipinski definition) is 2. The molecule has 1 fully saturated rings. The average Bonchev–Trinajstić information content (AvgIpc) is 3.02. The first-order chi connectivity index (χ1) is 13.5. The quantitative estimate of drug-likeness (QED) is 0.242. The third-order valence-corrected chi connectivity index (χ3v) is 5.14. The molecule has 1 unspecified atom stereocenters. The fourth-order valence-corrected chi connectivity index (χ4v) is 3.66. The van der Waals surface area contributed by atoms with Crippen molar-refractivity contribution in [3.63, 3.8) is 0 Å². The Morgan fingerprint density at radius 3 is 2.43 bits per heavy atom. The van der Waals surface area contributed by atoms with E-state index >= 15 is 0 Å². The van der Waals surface area contributed by atoms with Crippen molar-refractivity contribution in [2.75, 3.05) is 7.11 Å². The van der Waals surface area contributed by atoms with E-state index in [-0.39, 0.29) is 18.2 Å². The third kappa shape index (κ3) is 13.1. The zero-order valence-electron chi connectivity index (χ0n) is 18.6. The number of aliphatic hydroxyl groups is 2. The van der Waals surface area contributed by atoms with Gasteiger partial charge in [0.05, 0.1) is 12.2 Å². The summed E-state index contributed by atoms with van der Waals surface area (Å²) in [6.45, 7) is 5.99. The Bertz CT molecular complexity index is 428. The predicted molar refractivity (Wildman–Crippen MR) is 117 cm³/mol. The van der Waals surface area contributed by atoms with Crippen LogP contribution >= 0.6 is 0 Å². The Labute approximate surface area is 173 Å². The van der Waals surface area contributed by atoms with Gasteiger partial charge in [0.2, 0.25) is 0 Å². The highest BCUT2D eigenvalue weighted by Crippen LogP contribution is 2.36. The summed E-state index contributed by atoms with van der Waals surface area (Å²) in [7, 11) is 1.00. The highest BCUT2D eigenvalue weighted by Gasteiger charge is 2.32. The second kappa shape index (κ2) is 17.9. The number of hydrogen-bond acceptors (Lipinski definition) is 4. The maximum absolute atomic E-state index is 11.5. The number of esters is 1. The summed E-state index contributed by atoms with van der Waals surface area (Å²) in [5.41, 5.74) is 0. The molecular weight excluding hydrogens is 352 g/mol. The molecule has 0 aromatic rings. The smallest absolute Gasteiger partial charge is 0.306 e. The monoisotopic (exact) mass is 396 g/mol. The van der Waals surface area contributed by atoms with E-state index in [0.717, 1.165) is 39.2 Å². The minimum Gasteiger partial charge on any atom is -0.463 e. The second-order valence-electron chi connectivity index (χ2n) is 7.89. The van der Waals surface area contributed by atoms with E-state index in [1.807, 2.05) is 13.8 Å². The molecule has 1 saturated carbocycles. The van der Waals surface area contributed by atoms with Crippen LogP contribution in [0.5, 0.6) is 0 Å². The first kappa shape index (κ1) is 26.9. The van der Waals surface area contributed by atoms with Gasteiger partial charge in [-0.3, -0.25) is 4.79 Å². The zero-order valence-corrected chi connectivity index (χ0v) is 18.6. The summed E-state index contributed by atoms with van der Waals surface area (Å²) in [6.07, 6.45) is 20.4. The molecule has 0 spiro atoms. The molecule has 0 saturated heterocycles. The number of unbranched alkanes of at least 4 members (excludes halogenated alkanes) is 5. The maximum Gasteiger partial charge on any atom is 0.306 e. The van der Waals surface area contributed by atoms with Gasteiger partial charge in [0, 0.05) is 13.5 Å². The molecule has 1 aliphatic rings. The second-order valence-corrected chi connectivity index (χ2v) is 7.89. The zero-order chi connectivity index (χ0) is 21.2. The Kier molecular flexibility index (Phi) is 17.2. The number of rotatable bonds is 13. The third-order valence-electron chi connectivity index (χ3n) is 5.14. The molecular formula is C24H44O4. The first-order valence-electron chi connectivity index (χ1n) is 11.2. The van der Waals surface area contributed by atoms with Gasteiger partial charge in [0.15, 0.2) is 0 Å². The van der Waals surface area contributed by atoms with E-state index in [1.165, 1.54) is 32.1 Å². The SMILES string of the molecule is CCCCCC/C=C/C1CC[C@H](O)[C@@H]1C/C=C\CCCC(=O)OC(C)C.CO. The maximum atomic E-state index is 11.5. The lowest BCUT2D eigenvalue weighted by atomic mass is 9.90. The van der Waals surface area contributed by atoms with Crippen molar-refractivity contribution >= 4 is 5.97 Å². The molecule has 4 nitrogen and oxygen atoms in total. The van der Waals surface area contributed by atoms with Crippen LogP contribution in [0, 0.1) is 11.8 Å². The normalized spacial score (nSPS) is 22.0. The molecule has 0 aliphatic heterocycles. The van der Waals surface area contributed by atoms with Crippen molar-refractivity contribution in [3.8, 4) is 0 Å². The Hall–Kier alpha value is -1.13. The van der Waals surface area contributed by atoms with Gasteiger partial charge in [0.25, 0.3) is 0 Å². The number of allylic oxidation sites excluding steroid dienone is 4. The molecule has 3 atom stereocenters. The fourth-order valence-electron chi connectivity index (χ4n) is 3.66. The van der Waals surface area contributed by atoms with E-state index in [1.54, 1.807) is 0 Å². The molecule has 1 rings (SSSR count). The largest absolute Gasteiger partial charge is 0.463 e. The van der Waals surface area contributed by atoms with Crippen LogP contribution in [-0.4, -0.2) is 35.5 Å². The molecule has 0 aromatic heterocycles. The summed E-state index contributed by atoms with van der Waals surface area (Å²) in [5, 5.41) is 17.3. The van der Waals surface area contributed by atoms with Crippen molar-refractivity contribution in [2.24, 2.45) is 11.8 Å². The highest BCUT2D eigenvalue weighted by atomic mass is 16.5. The average molecular weight is 397 g/mol. The Morgan fingerprint density at radius 2 is 1.75 bits per heavy atom. The van der Waals surface area contributed by atoms with E-state index < -0.39 is 0 Å². The molecule has 0 aromatic carbocycles. The van der Waals surface area contributed by atoms with Crippen LogP contribution in [0.25, 0.3) is 0 Å². The summed E-state index contributed by atoms with van der Waals surface area (Å²) < 4.78 is 5.13. The van der Waals surface area contributed by atoms with Gasteiger partial charge < -0.3 is 14.9 Å². The number of carbonyl (C=O) groups excluding carboxylic acids is 1. The number of ether oxygens (including phenoxy) is 1. The molecule has 0 bridgehead atoms. The van der Waals surface area contributed by atoms with E-state index in [0.29, 0.717) is 18.3 Å². The van der Waals surface area contributed by atoms with Crippen LogP contribution in [-0.2, 0) is 9.53 Å². The van der Waals surface area contributed by atoms with Crippen LogP contribution in [0.1, 0.15) is 91.4 Å². The Balaban J connectivity index is 0.00000352. The molecule has 164 valence electrons. The van der Waals surface area contributed by atoms with Gasteiger partial charge in [-0.05, 0) is 70.6 Å². The van der Waals surface area contributed by atoms with Crippen molar-refractivity contribution in [2.45, 2.75) is 104 Å². The van der Waals surface area contributed by atoms with Crippen molar-refractivity contribution < 1.29 is 19.7 Å². The Morgan fingerprint density at radius 1 is 1.04 bits per heavy atom. The lowest BCUT2D eigenvalue weighted by Crippen LogP contribution is -2.17. The van der Waals surface area contributed by atoms with Crippen LogP contribution < -0.4 is 0 Å². The molecule has 4 heteroatoms. The van der Waals surface area contributed by atoms with E-state index in [2.05, 4.69) is 31.2 Å². The fraction of sp³-hybridized carbons (Fsp3) is 0.792. The van der Waals surface area contributed by atoms with Gasteiger partial charge in [-0.2, -0.15) is 0 Å². The lowest BCUT2D eigenvalue weighted by molar-refractivity contribution is -0.147. The minimum atomic E-state index is -0.171. The highest BCUT2D eigenvalue weighted by molar-refractivity contribution is 5.69. The molecule has 2 N–H and O–H groups in total.